The quantitative estimate of drug-likeness (QED) is 0.901. The Morgan fingerprint density at radius 2 is 2.15 bits per heavy atom. The summed E-state index contributed by atoms with van der Waals surface area (Å²) in [5.41, 5.74) is 2.27. The summed E-state index contributed by atoms with van der Waals surface area (Å²) in [6.45, 7) is 8.52. The summed E-state index contributed by atoms with van der Waals surface area (Å²) in [7, 11) is 0. The number of rotatable bonds is 3. The highest BCUT2D eigenvalue weighted by molar-refractivity contribution is 5.77. The minimum Gasteiger partial charge on any atom is -0.377 e. The van der Waals surface area contributed by atoms with Crippen molar-refractivity contribution in [2.45, 2.75) is 33.3 Å². The molecule has 3 rings (SSSR count). The van der Waals surface area contributed by atoms with Crippen molar-refractivity contribution in [2.75, 3.05) is 18.5 Å². The maximum atomic E-state index is 5.91. The number of nitrogens with zero attached hydrogens (tertiary/aromatic N) is 1. The van der Waals surface area contributed by atoms with Crippen LogP contribution in [0.15, 0.2) is 24.3 Å². The zero-order valence-corrected chi connectivity index (χ0v) is 12.4. The Kier molecular flexibility index (Phi) is 3.42. The molecule has 1 aliphatic rings. The molecule has 20 heavy (non-hydrogen) atoms. The lowest BCUT2D eigenvalue weighted by atomic mass is 9.81. The minimum atomic E-state index is 0.191. The van der Waals surface area contributed by atoms with Crippen LogP contribution >= 0.6 is 0 Å². The van der Waals surface area contributed by atoms with Gasteiger partial charge in [0.2, 0.25) is 5.95 Å². The van der Waals surface area contributed by atoms with Gasteiger partial charge in [0.15, 0.2) is 0 Å². The summed E-state index contributed by atoms with van der Waals surface area (Å²) in [6.07, 6.45) is 1.44. The van der Waals surface area contributed by atoms with Crippen molar-refractivity contribution in [3.63, 3.8) is 0 Å². The van der Waals surface area contributed by atoms with Crippen LogP contribution in [-0.4, -0.2) is 29.2 Å². The molecule has 2 heterocycles. The second-order valence-electron chi connectivity index (χ2n) is 6.69. The zero-order valence-electron chi connectivity index (χ0n) is 12.4. The Morgan fingerprint density at radius 3 is 2.90 bits per heavy atom. The molecule has 1 aliphatic heterocycles. The lowest BCUT2D eigenvalue weighted by Crippen LogP contribution is -2.34. The second kappa shape index (κ2) is 5.09. The van der Waals surface area contributed by atoms with E-state index >= 15 is 0 Å². The Balaban J connectivity index is 1.67. The molecule has 2 aromatic rings. The predicted molar refractivity (Wildman–Crippen MR) is 81.9 cm³/mol. The number of hydrogen-bond donors (Lipinski definition) is 2. The molecule has 0 bridgehead atoms. The van der Waals surface area contributed by atoms with E-state index in [4.69, 9.17) is 4.74 Å². The van der Waals surface area contributed by atoms with Gasteiger partial charge in [-0.15, -0.1) is 0 Å². The number of H-pyrrole nitrogens is 1. The largest absolute Gasteiger partial charge is 0.377 e. The first-order valence-electron chi connectivity index (χ1n) is 7.34. The fourth-order valence-electron chi connectivity index (χ4n) is 3.06. The summed E-state index contributed by atoms with van der Waals surface area (Å²) in [6, 6.07) is 8.09. The van der Waals surface area contributed by atoms with Crippen molar-refractivity contribution in [1.82, 2.24) is 9.97 Å². The molecule has 0 amide bonds. The number of hydrogen-bond acceptors (Lipinski definition) is 3. The molecule has 1 saturated heterocycles. The molecule has 0 aliphatic carbocycles. The standard InChI is InChI=1S/C16H23N3O/c1-16(2,3)14-11(8-9-20-14)10-17-15-18-12-6-4-5-7-13(12)19-15/h4-7,11,14H,8-10H2,1-3H3,(H2,17,18,19). The molecular weight excluding hydrogens is 250 g/mol. The number of ether oxygens (including phenoxy) is 1. The molecule has 0 spiro atoms. The molecule has 4 heteroatoms. The van der Waals surface area contributed by atoms with E-state index in [9.17, 15) is 0 Å². The summed E-state index contributed by atoms with van der Waals surface area (Å²) < 4.78 is 5.91. The molecule has 2 atom stereocenters. The van der Waals surface area contributed by atoms with E-state index in [2.05, 4.69) is 36.1 Å². The lowest BCUT2D eigenvalue weighted by molar-refractivity contribution is 0.00955. The van der Waals surface area contributed by atoms with Gasteiger partial charge in [0, 0.05) is 19.1 Å². The highest BCUT2D eigenvalue weighted by atomic mass is 16.5. The van der Waals surface area contributed by atoms with Gasteiger partial charge in [-0.25, -0.2) is 4.98 Å². The number of aromatic nitrogens is 2. The molecular formula is C16H23N3O. The molecule has 1 fully saturated rings. The number of aromatic amines is 1. The van der Waals surface area contributed by atoms with Gasteiger partial charge in [-0.3, -0.25) is 0 Å². The van der Waals surface area contributed by atoms with Crippen LogP contribution < -0.4 is 5.32 Å². The molecule has 0 radical (unpaired) electrons. The SMILES string of the molecule is CC(C)(C)C1OCCC1CNc1nc2ccccc2[nH]1. The van der Waals surface area contributed by atoms with Crippen molar-refractivity contribution >= 4 is 17.0 Å². The van der Waals surface area contributed by atoms with Crippen molar-refractivity contribution in [1.29, 1.82) is 0 Å². The van der Waals surface area contributed by atoms with E-state index in [1.807, 2.05) is 24.3 Å². The van der Waals surface area contributed by atoms with E-state index in [-0.39, 0.29) is 5.41 Å². The van der Waals surface area contributed by atoms with Crippen molar-refractivity contribution in [2.24, 2.45) is 11.3 Å². The van der Waals surface area contributed by atoms with Crippen LogP contribution in [0, 0.1) is 11.3 Å². The van der Waals surface area contributed by atoms with Gasteiger partial charge in [-0.05, 0) is 24.0 Å². The maximum absolute atomic E-state index is 5.91. The number of anilines is 1. The lowest BCUT2D eigenvalue weighted by Gasteiger charge is -2.31. The highest BCUT2D eigenvalue weighted by Gasteiger charge is 2.37. The van der Waals surface area contributed by atoms with Crippen LogP contribution in [-0.2, 0) is 4.74 Å². The summed E-state index contributed by atoms with van der Waals surface area (Å²) in [5.74, 6) is 1.40. The molecule has 1 aromatic carbocycles. The second-order valence-corrected chi connectivity index (χ2v) is 6.69. The zero-order chi connectivity index (χ0) is 14.2. The number of imidazole rings is 1. The third-order valence-corrected chi connectivity index (χ3v) is 3.99. The molecule has 0 saturated carbocycles. The van der Waals surface area contributed by atoms with Crippen LogP contribution in [0.1, 0.15) is 27.2 Å². The van der Waals surface area contributed by atoms with Gasteiger partial charge in [0.25, 0.3) is 0 Å². The Bertz CT molecular complexity index is 552. The topological polar surface area (TPSA) is 49.9 Å². The number of para-hydroxylation sites is 2. The summed E-state index contributed by atoms with van der Waals surface area (Å²) in [4.78, 5) is 7.86. The predicted octanol–water partition coefficient (Wildman–Crippen LogP) is 3.43. The fraction of sp³-hybridized carbons (Fsp3) is 0.562. The molecule has 2 unspecified atom stereocenters. The molecule has 4 nitrogen and oxygen atoms in total. The fourth-order valence-corrected chi connectivity index (χ4v) is 3.06. The van der Waals surface area contributed by atoms with Gasteiger partial charge in [-0.2, -0.15) is 0 Å². The monoisotopic (exact) mass is 273 g/mol. The highest BCUT2D eigenvalue weighted by Crippen LogP contribution is 2.34. The van der Waals surface area contributed by atoms with Crippen LogP contribution in [0.2, 0.25) is 0 Å². The number of fused-ring (bicyclic) bond motifs is 1. The van der Waals surface area contributed by atoms with Gasteiger partial charge in [0.1, 0.15) is 0 Å². The summed E-state index contributed by atoms with van der Waals surface area (Å²) in [5, 5.41) is 3.43. The van der Waals surface area contributed by atoms with Crippen molar-refractivity contribution in [3.05, 3.63) is 24.3 Å². The van der Waals surface area contributed by atoms with Crippen LogP contribution in [0.4, 0.5) is 5.95 Å². The first-order chi connectivity index (χ1) is 9.54. The van der Waals surface area contributed by atoms with Crippen LogP contribution in [0.25, 0.3) is 11.0 Å². The normalized spacial score (nSPS) is 23.4. The first-order valence-corrected chi connectivity index (χ1v) is 7.34. The van der Waals surface area contributed by atoms with Crippen molar-refractivity contribution in [3.8, 4) is 0 Å². The van der Waals surface area contributed by atoms with E-state index in [1.54, 1.807) is 0 Å². The Morgan fingerprint density at radius 1 is 1.35 bits per heavy atom. The van der Waals surface area contributed by atoms with E-state index in [0.717, 1.165) is 36.6 Å². The van der Waals surface area contributed by atoms with Crippen molar-refractivity contribution < 1.29 is 4.74 Å². The van der Waals surface area contributed by atoms with Gasteiger partial charge in [-0.1, -0.05) is 32.9 Å². The smallest absolute Gasteiger partial charge is 0.201 e. The third-order valence-electron chi connectivity index (χ3n) is 3.99. The van der Waals surface area contributed by atoms with E-state index in [1.165, 1.54) is 0 Å². The van der Waals surface area contributed by atoms with E-state index < -0.39 is 0 Å². The average molecular weight is 273 g/mol. The van der Waals surface area contributed by atoms with Gasteiger partial charge >= 0.3 is 0 Å². The average Bonchev–Trinajstić information content (AvgIpc) is 3.01. The number of benzene rings is 1. The Labute approximate surface area is 119 Å². The van der Waals surface area contributed by atoms with Gasteiger partial charge in [0.05, 0.1) is 17.1 Å². The Hall–Kier alpha value is -1.55. The maximum Gasteiger partial charge on any atom is 0.201 e. The molecule has 2 N–H and O–H groups in total. The van der Waals surface area contributed by atoms with Crippen LogP contribution in [0.3, 0.4) is 0 Å². The molecule has 108 valence electrons. The van der Waals surface area contributed by atoms with Crippen LogP contribution in [0.5, 0.6) is 0 Å². The van der Waals surface area contributed by atoms with Gasteiger partial charge < -0.3 is 15.0 Å². The number of nitrogens with one attached hydrogen (secondary N) is 2. The third kappa shape index (κ3) is 2.66. The minimum absolute atomic E-state index is 0.191. The first kappa shape index (κ1) is 13.4. The molecule has 1 aromatic heterocycles. The van der Waals surface area contributed by atoms with E-state index in [0.29, 0.717) is 12.0 Å². The summed E-state index contributed by atoms with van der Waals surface area (Å²) >= 11 is 0.